The van der Waals surface area contributed by atoms with Gasteiger partial charge in [0.15, 0.2) is 0 Å². The van der Waals surface area contributed by atoms with Gasteiger partial charge in [0.25, 0.3) is 0 Å². The molecule has 3 N–H and O–H groups in total. The van der Waals surface area contributed by atoms with Crippen LogP contribution in [0.4, 0.5) is 9.18 Å². The number of hydrogen-bond donors (Lipinski definition) is 3. The number of amides is 2. The minimum absolute atomic E-state index is 0.0723. The van der Waals surface area contributed by atoms with E-state index in [0.717, 1.165) is 5.56 Å². The summed E-state index contributed by atoms with van der Waals surface area (Å²) >= 11 is 0. The number of aliphatic carboxylic acids is 1. The monoisotopic (exact) mass is 294 g/mol. The van der Waals surface area contributed by atoms with Crippen molar-refractivity contribution in [3.05, 3.63) is 35.6 Å². The van der Waals surface area contributed by atoms with Crippen LogP contribution in [0.1, 0.15) is 24.8 Å². The number of carboxylic acids is 1. The van der Waals surface area contributed by atoms with Crippen molar-refractivity contribution in [2.24, 2.45) is 5.92 Å². The van der Waals surface area contributed by atoms with Crippen molar-refractivity contribution >= 4 is 12.0 Å². The number of rotatable bonds is 5. The van der Waals surface area contributed by atoms with Crippen molar-refractivity contribution in [2.75, 3.05) is 6.54 Å². The van der Waals surface area contributed by atoms with Gasteiger partial charge in [0.1, 0.15) is 5.82 Å². The summed E-state index contributed by atoms with van der Waals surface area (Å²) in [5.41, 5.74) is 0.948. The van der Waals surface area contributed by atoms with Crippen LogP contribution >= 0.6 is 0 Å². The fourth-order valence-corrected chi connectivity index (χ4v) is 2.54. The third kappa shape index (κ3) is 4.73. The van der Waals surface area contributed by atoms with Crippen LogP contribution in [0.15, 0.2) is 24.3 Å². The summed E-state index contributed by atoms with van der Waals surface area (Å²) in [6.45, 7) is 0.451. The molecule has 0 saturated heterocycles. The third-order valence-corrected chi connectivity index (χ3v) is 3.73. The van der Waals surface area contributed by atoms with Crippen LogP contribution in [0.25, 0.3) is 0 Å². The molecule has 1 aliphatic carbocycles. The molecule has 1 aliphatic rings. The second-order valence-corrected chi connectivity index (χ2v) is 5.32. The number of urea groups is 1. The Balaban J connectivity index is 1.66. The molecular formula is C15H19FN2O3. The van der Waals surface area contributed by atoms with E-state index in [9.17, 15) is 14.0 Å². The lowest BCUT2D eigenvalue weighted by Gasteiger charge is -2.13. The van der Waals surface area contributed by atoms with Crippen molar-refractivity contribution in [1.82, 2.24) is 10.6 Å². The first-order valence-corrected chi connectivity index (χ1v) is 7.06. The van der Waals surface area contributed by atoms with E-state index in [2.05, 4.69) is 10.6 Å². The average Bonchev–Trinajstić information content (AvgIpc) is 2.90. The van der Waals surface area contributed by atoms with E-state index in [4.69, 9.17) is 5.11 Å². The maximum atomic E-state index is 12.7. The maximum absolute atomic E-state index is 12.7. The highest BCUT2D eigenvalue weighted by Gasteiger charge is 2.30. The van der Waals surface area contributed by atoms with E-state index in [0.29, 0.717) is 32.2 Å². The highest BCUT2D eigenvalue weighted by Crippen LogP contribution is 2.25. The molecule has 0 unspecified atom stereocenters. The SMILES string of the molecule is O=C(NCCc1ccc(F)cc1)N[C@H]1CC[C@@H](C(=O)O)C1. The van der Waals surface area contributed by atoms with Gasteiger partial charge in [0.05, 0.1) is 5.92 Å². The number of halogens is 1. The highest BCUT2D eigenvalue weighted by atomic mass is 19.1. The molecule has 0 radical (unpaired) electrons. The Labute approximate surface area is 122 Å². The van der Waals surface area contributed by atoms with Crippen LogP contribution in [-0.2, 0) is 11.2 Å². The van der Waals surface area contributed by atoms with Gasteiger partial charge >= 0.3 is 12.0 Å². The number of hydrogen-bond acceptors (Lipinski definition) is 2. The minimum atomic E-state index is -0.795. The van der Waals surface area contributed by atoms with E-state index in [1.807, 2.05) is 0 Å². The maximum Gasteiger partial charge on any atom is 0.315 e. The van der Waals surface area contributed by atoms with Gasteiger partial charge in [-0.2, -0.15) is 0 Å². The summed E-state index contributed by atoms with van der Waals surface area (Å²) in [6.07, 6.45) is 2.41. The first kappa shape index (κ1) is 15.3. The van der Waals surface area contributed by atoms with Crippen molar-refractivity contribution in [2.45, 2.75) is 31.7 Å². The molecule has 0 heterocycles. The molecule has 1 aromatic carbocycles. The average molecular weight is 294 g/mol. The number of nitrogens with one attached hydrogen (secondary N) is 2. The highest BCUT2D eigenvalue weighted by molar-refractivity contribution is 5.75. The summed E-state index contributed by atoms with van der Waals surface area (Å²) < 4.78 is 12.7. The van der Waals surface area contributed by atoms with Crippen molar-refractivity contribution < 1.29 is 19.1 Å². The van der Waals surface area contributed by atoms with Gasteiger partial charge in [0, 0.05) is 12.6 Å². The fraction of sp³-hybridized carbons (Fsp3) is 0.467. The quantitative estimate of drug-likeness (QED) is 0.776. The Morgan fingerprint density at radius 1 is 1.24 bits per heavy atom. The van der Waals surface area contributed by atoms with Crippen LogP contribution in [-0.4, -0.2) is 29.7 Å². The second kappa shape index (κ2) is 7.06. The van der Waals surface area contributed by atoms with Crippen LogP contribution in [0.5, 0.6) is 0 Å². The Hall–Kier alpha value is -2.11. The van der Waals surface area contributed by atoms with Gasteiger partial charge in [-0.3, -0.25) is 4.79 Å². The lowest BCUT2D eigenvalue weighted by atomic mass is 10.1. The van der Waals surface area contributed by atoms with E-state index >= 15 is 0 Å². The number of benzene rings is 1. The summed E-state index contributed by atoms with van der Waals surface area (Å²) in [5.74, 6) is -1.43. The first-order valence-electron chi connectivity index (χ1n) is 7.06. The molecular weight excluding hydrogens is 275 g/mol. The van der Waals surface area contributed by atoms with Crippen molar-refractivity contribution in [1.29, 1.82) is 0 Å². The normalized spacial score (nSPS) is 21.0. The molecule has 1 saturated carbocycles. The molecule has 0 bridgehead atoms. The minimum Gasteiger partial charge on any atom is -0.481 e. The lowest BCUT2D eigenvalue weighted by molar-refractivity contribution is -0.141. The second-order valence-electron chi connectivity index (χ2n) is 5.32. The fourth-order valence-electron chi connectivity index (χ4n) is 2.54. The smallest absolute Gasteiger partial charge is 0.315 e. The molecule has 114 valence electrons. The molecule has 1 aromatic rings. The molecule has 2 rings (SSSR count). The summed E-state index contributed by atoms with van der Waals surface area (Å²) in [7, 11) is 0. The lowest BCUT2D eigenvalue weighted by Crippen LogP contribution is -2.41. The van der Waals surface area contributed by atoms with Crippen molar-refractivity contribution in [3.8, 4) is 0 Å². The third-order valence-electron chi connectivity index (χ3n) is 3.73. The molecule has 5 nitrogen and oxygen atoms in total. The number of carbonyl (C=O) groups excluding carboxylic acids is 1. The van der Waals surface area contributed by atoms with E-state index in [1.165, 1.54) is 12.1 Å². The predicted octanol–water partition coefficient (Wildman–Crippen LogP) is 1.92. The summed E-state index contributed by atoms with van der Waals surface area (Å²) in [6, 6.07) is 5.79. The Kier molecular flexibility index (Phi) is 5.14. The molecule has 0 aromatic heterocycles. The zero-order valence-corrected chi connectivity index (χ0v) is 11.6. The molecule has 2 atom stereocenters. The van der Waals surface area contributed by atoms with Gasteiger partial charge in [0.2, 0.25) is 0 Å². The standard InChI is InChI=1S/C15H19FN2O3/c16-12-4-1-10(2-5-12)7-8-17-15(21)18-13-6-3-11(9-13)14(19)20/h1-2,4-5,11,13H,3,6-9H2,(H,19,20)(H2,17,18,21)/t11-,13+/m1/s1. The first-order chi connectivity index (χ1) is 10.0. The predicted molar refractivity (Wildman–Crippen MR) is 75.4 cm³/mol. The van der Waals surface area contributed by atoms with Crippen LogP contribution in [0.2, 0.25) is 0 Å². The van der Waals surface area contributed by atoms with Crippen LogP contribution in [0, 0.1) is 11.7 Å². The van der Waals surface area contributed by atoms with Gasteiger partial charge in [-0.1, -0.05) is 12.1 Å². The Morgan fingerprint density at radius 2 is 1.95 bits per heavy atom. The van der Waals surface area contributed by atoms with Gasteiger partial charge < -0.3 is 15.7 Å². The number of carboxylic acid groups (broad SMARTS) is 1. The van der Waals surface area contributed by atoms with Gasteiger partial charge in [-0.05, 0) is 43.4 Å². The van der Waals surface area contributed by atoms with E-state index in [-0.39, 0.29) is 23.8 Å². The topological polar surface area (TPSA) is 78.4 Å². The van der Waals surface area contributed by atoms with E-state index in [1.54, 1.807) is 12.1 Å². The van der Waals surface area contributed by atoms with Crippen LogP contribution in [0.3, 0.4) is 0 Å². The molecule has 1 fully saturated rings. The largest absolute Gasteiger partial charge is 0.481 e. The summed E-state index contributed by atoms with van der Waals surface area (Å²) in [4.78, 5) is 22.5. The van der Waals surface area contributed by atoms with Crippen LogP contribution < -0.4 is 10.6 Å². The van der Waals surface area contributed by atoms with Gasteiger partial charge in [-0.25, -0.2) is 9.18 Å². The molecule has 21 heavy (non-hydrogen) atoms. The summed E-state index contributed by atoms with van der Waals surface area (Å²) in [5, 5.41) is 14.4. The van der Waals surface area contributed by atoms with Gasteiger partial charge in [-0.15, -0.1) is 0 Å². The Bertz CT molecular complexity index is 504. The van der Waals surface area contributed by atoms with E-state index < -0.39 is 5.97 Å². The molecule has 0 aliphatic heterocycles. The zero-order chi connectivity index (χ0) is 15.2. The molecule has 6 heteroatoms. The zero-order valence-electron chi connectivity index (χ0n) is 11.6. The molecule has 2 amide bonds. The number of carbonyl (C=O) groups is 2. The molecule has 0 spiro atoms. The Morgan fingerprint density at radius 3 is 2.57 bits per heavy atom. The van der Waals surface area contributed by atoms with Crippen molar-refractivity contribution in [3.63, 3.8) is 0 Å².